The maximum absolute atomic E-state index is 12.7. The van der Waals surface area contributed by atoms with Gasteiger partial charge in [0.15, 0.2) is 0 Å². The first kappa shape index (κ1) is 22.8. The smallest absolute Gasteiger partial charge is 0.329 e. The number of hydrazone groups is 1. The topological polar surface area (TPSA) is 143 Å². The molecule has 11 nitrogen and oxygen atoms in total. The maximum atomic E-state index is 12.7. The highest BCUT2D eigenvalue weighted by Crippen LogP contribution is 2.21. The van der Waals surface area contributed by atoms with Gasteiger partial charge in [-0.15, -0.1) is 0 Å². The minimum Gasteiger partial charge on any atom is -0.378 e. The molecular formula is C20H18ClN5O6. The lowest BCUT2D eigenvalue weighted by atomic mass is 10.1. The normalized spacial score (nSPS) is 13.6. The third-order valence-corrected chi connectivity index (χ3v) is 4.70. The van der Waals surface area contributed by atoms with Gasteiger partial charge in [-0.25, -0.2) is 5.43 Å². The number of para-hydroxylation sites is 1. The van der Waals surface area contributed by atoms with Crippen molar-refractivity contribution in [3.8, 4) is 0 Å². The van der Waals surface area contributed by atoms with Crippen LogP contribution >= 0.6 is 11.6 Å². The van der Waals surface area contributed by atoms with Crippen molar-refractivity contribution in [2.24, 2.45) is 5.10 Å². The molecule has 0 bridgehead atoms. The molecule has 1 aliphatic rings. The van der Waals surface area contributed by atoms with Gasteiger partial charge in [-0.1, -0.05) is 23.7 Å². The van der Waals surface area contributed by atoms with E-state index in [1.807, 2.05) is 5.43 Å². The van der Waals surface area contributed by atoms with Gasteiger partial charge < -0.3 is 15.0 Å². The van der Waals surface area contributed by atoms with E-state index >= 15 is 0 Å². The molecule has 0 aliphatic carbocycles. The lowest BCUT2D eigenvalue weighted by Crippen LogP contribution is -2.41. The summed E-state index contributed by atoms with van der Waals surface area (Å²) in [6, 6.07) is 10.1. The summed E-state index contributed by atoms with van der Waals surface area (Å²) in [4.78, 5) is 49.1. The number of rotatable bonds is 5. The molecule has 32 heavy (non-hydrogen) atoms. The summed E-state index contributed by atoms with van der Waals surface area (Å²) in [5.41, 5.74) is 2.16. The number of hydrogen-bond donors (Lipinski definition) is 2. The first-order valence-electron chi connectivity index (χ1n) is 9.41. The molecule has 1 fully saturated rings. The molecule has 1 saturated heterocycles. The molecule has 0 unspecified atom stereocenters. The van der Waals surface area contributed by atoms with Crippen LogP contribution in [0.25, 0.3) is 0 Å². The molecule has 2 aromatic rings. The number of carbonyl (C=O) groups excluding carboxylic acids is 3. The Morgan fingerprint density at radius 1 is 1.12 bits per heavy atom. The molecule has 3 amide bonds. The Morgan fingerprint density at radius 2 is 1.84 bits per heavy atom. The van der Waals surface area contributed by atoms with Crippen molar-refractivity contribution in [1.82, 2.24) is 10.3 Å². The van der Waals surface area contributed by atoms with Gasteiger partial charge in [0.1, 0.15) is 0 Å². The number of halogens is 1. The maximum Gasteiger partial charge on any atom is 0.329 e. The number of nitrogens with zero attached hydrogens (tertiary/aromatic N) is 3. The van der Waals surface area contributed by atoms with Gasteiger partial charge in [-0.05, 0) is 24.3 Å². The first-order chi connectivity index (χ1) is 15.4. The third kappa shape index (κ3) is 5.65. The average Bonchev–Trinajstić information content (AvgIpc) is 2.79. The Balaban J connectivity index is 1.66. The van der Waals surface area contributed by atoms with Gasteiger partial charge >= 0.3 is 11.8 Å². The molecule has 0 spiro atoms. The average molecular weight is 460 g/mol. The monoisotopic (exact) mass is 459 g/mol. The first-order valence-corrected chi connectivity index (χ1v) is 9.79. The molecule has 0 saturated carbocycles. The summed E-state index contributed by atoms with van der Waals surface area (Å²) in [5, 5.41) is 17.3. The highest BCUT2D eigenvalue weighted by atomic mass is 35.5. The SMILES string of the molecule is O=C(N/N=C\c1cc(Cl)ccc1[N+](=O)[O-])C(=O)Nc1ccccc1C(=O)N1CCOCC1. The zero-order valence-electron chi connectivity index (χ0n) is 16.6. The number of hydrogen-bond acceptors (Lipinski definition) is 7. The van der Waals surface area contributed by atoms with Crippen molar-refractivity contribution in [2.75, 3.05) is 31.6 Å². The lowest BCUT2D eigenvalue weighted by Gasteiger charge is -2.27. The highest BCUT2D eigenvalue weighted by molar-refractivity contribution is 6.40. The van der Waals surface area contributed by atoms with Gasteiger partial charge in [-0.2, -0.15) is 5.10 Å². The molecule has 2 aromatic carbocycles. The Labute approximate surface area is 187 Å². The van der Waals surface area contributed by atoms with Gasteiger partial charge in [0.05, 0.1) is 41.2 Å². The van der Waals surface area contributed by atoms with E-state index in [0.717, 1.165) is 6.21 Å². The van der Waals surface area contributed by atoms with Crippen LogP contribution in [0.4, 0.5) is 11.4 Å². The van der Waals surface area contributed by atoms with Gasteiger partial charge in [0.2, 0.25) is 0 Å². The minimum absolute atomic E-state index is 0.0460. The van der Waals surface area contributed by atoms with Crippen LogP contribution in [0.5, 0.6) is 0 Å². The number of nitrogens with one attached hydrogen (secondary N) is 2. The standard InChI is InChI=1S/C20H18ClN5O6/c21-14-5-6-17(26(30)31)13(11-14)12-22-24-19(28)18(27)23-16-4-2-1-3-15(16)20(29)25-7-9-32-10-8-25/h1-6,11-12H,7-10H2,(H,23,27)(H,24,28)/b22-12-. The predicted molar refractivity (Wildman–Crippen MR) is 116 cm³/mol. The molecule has 12 heteroatoms. The Morgan fingerprint density at radius 3 is 2.56 bits per heavy atom. The third-order valence-electron chi connectivity index (χ3n) is 4.47. The minimum atomic E-state index is -1.13. The van der Waals surface area contributed by atoms with Gasteiger partial charge in [-0.3, -0.25) is 24.5 Å². The van der Waals surface area contributed by atoms with E-state index in [1.54, 1.807) is 23.1 Å². The van der Waals surface area contributed by atoms with Crippen LogP contribution in [0.1, 0.15) is 15.9 Å². The molecule has 1 heterocycles. The molecule has 0 aromatic heterocycles. The largest absolute Gasteiger partial charge is 0.378 e. The van der Waals surface area contributed by atoms with Crippen LogP contribution in [0.3, 0.4) is 0 Å². The number of amides is 3. The predicted octanol–water partition coefficient (Wildman–Crippen LogP) is 1.81. The fourth-order valence-corrected chi connectivity index (χ4v) is 3.08. The van der Waals surface area contributed by atoms with Crippen molar-refractivity contribution < 1.29 is 24.0 Å². The van der Waals surface area contributed by atoms with E-state index < -0.39 is 16.7 Å². The van der Waals surface area contributed by atoms with Crippen LogP contribution in [0.15, 0.2) is 47.6 Å². The van der Waals surface area contributed by atoms with E-state index in [1.165, 1.54) is 24.3 Å². The van der Waals surface area contributed by atoms with Crippen LogP contribution in [0.2, 0.25) is 5.02 Å². The zero-order chi connectivity index (χ0) is 23.1. The Kier molecular flexibility index (Phi) is 7.47. The summed E-state index contributed by atoms with van der Waals surface area (Å²) < 4.78 is 5.23. The number of anilines is 1. The number of benzene rings is 2. The fraction of sp³-hybridized carbons (Fsp3) is 0.200. The number of morpholine rings is 1. The van der Waals surface area contributed by atoms with E-state index in [9.17, 15) is 24.5 Å². The Bertz CT molecular complexity index is 1080. The number of ether oxygens (including phenoxy) is 1. The molecule has 2 N–H and O–H groups in total. The summed E-state index contributed by atoms with van der Waals surface area (Å²) in [6.07, 6.45) is 1.01. The highest BCUT2D eigenvalue weighted by Gasteiger charge is 2.23. The Hall–Kier alpha value is -3.83. The van der Waals surface area contributed by atoms with E-state index in [-0.39, 0.29) is 33.4 Å². The van der Waals surface area contributed by atoms with Crippen LogP contribution in [-0.2, 0) is 14.3 Å². The van der Waals surface area contributed by atoms with Crippen molar-refractivity contribution in [2.45, 2.75) is 0 Å². The van der Waals surface area contributed by atoms with Gasteiger partial charge in [0.25, 0.3) is 11.6 Å². The zero-order valence-corrected chi connectivity index (χ0v) is 17.4. The molecule has 1 aliphatic heterocycles. The lowest BCUT2D eigenvalue weighted by molar-refractivity contribution is -0.385. The van der Waals surface area contributed by atoms with Crippen molar-refractivity contribution in [3.63, 3.8) is 0 Å². The number of carbonyl (C=O) groups is 3. The summed E-state index contributed by atoms with van der Waals surface area (Å²) in [7, 11) is 0. The second kappa shape index (κ2) is 10.5. The second-order valence-electron chi connectivity index (χ2n) is 6.56. The quantitative estimate of drug-likeness (QED) is 0.302. The molecule has 0 radical (unpaired) electrons. The second-order valence-corrected chi connectivity index (χ2v) is 7.00. The number of nitro groups is 1. The van der Waals surface area contributed by atoms with Crippen LogP contribution in [-0.4, -0.2) is 60.1 Å². The molecule has 3 rings (SSSR count). The van der Waals surface area contributed by atoms with E-state index in [4.69, 9.17) is 16.3 Å². The summed E-state index contributed by atoms with van der Waals surface area (Å²) in [6.45, 7) is 1.69. The molecule has 166 valence electrons. The molecule has 0 atom stereocenters. The van der Waals surface area contributed by atoms with E-state index in [0.29, 0.717) is 26.3 Å². The molecular weight excluding hydrogens is 442 g/mol. The van der Waals surface area contributed by atoms with Crippen molar-refractivity contribution in [1.29, 1.82) is 0 Å². The summed E-state index contributed by atoms with van der Waals surface area (Å²) >= 11 is 5.83. The van der Waals surface area contributed by atoms with Crippen LogP contribution < -0.4 is 10.7 Å². The van der Waals surface area contributed by atoms with Crippen LogP contribution in [0, 0.1) is 10.1 Å². The van der Waals surface area contributed by atoms with Crippen molar-refractivity contribution >= 4 is 46.9 Å². The van der Waals surface area contributed by atoms with E-state index in [2.05, 4.69) is 10.4 Å². The number of nitro benzene ring substituents is 1. The fourth-order valence-electron chi connectivity index (χ4n) is 2.90. The van der Waals surface area contributed by atoms with Crippen molar-refractivity contribution in [3.05, 3.63) is 68.7 Å². The summed E-state index contributed by atoms with van der Waals surface area (Å²) in [5.74, 6) is -2.49. The van der Waals surface area contributed by atoms with Gasteiger partial charge in [0, 0.05) is 24.2 Å².